The highest BCUT2D eigenvalue weighted by atomic mass is 79.9. The highest BCUT2D eigenvalue weighted by molar-refractivity contribution is 9.10. The van der Waals surface area contributed by atoms with Crippen LogP contribution in [0.4, 0.5) is 13.2 Å². The molecule has 100 valence electrons. The summed E-state index contributed by atoms with van der Waals surface area (Å²) in [6, 6.07) is 4.09. The summed E-state index contributed by atoms with van der Waals surface area (Å²) in [7, 11) is 0. The molecule has 0 spiro atoms. The fourth-order valence-electron chi connectivity index (χ4n) is 1.60. The Bertz CT molecular complexity index is 441. The van der Waals surface area contributed by atoms with E-state index in [1.165, 1.54) is 18.2 Å². The van der Waals surface area contributed by atoms with Crippen molar-refractivity contribution in [3.63, 3.8) is 0 Å². The van der Waals surface area contributed by atoms with Crippen molar-refractivity contribution in [1.82, 2.24) is 0 Å². The van der Waals surface area contributed by atoms with Crippen LogP contribution < -0.4 is 4.74 Å². The molecule has 1 aromatic carbocycles. The predicted molar refractivity (Wildman–Crippen MR) is 65.2 cm³/mol. The van der Waals surface area contributed by atoms with Crippen LogP contribution in [0.15, 0.2) is 18.2 Å². The number of ketones is 1. The Morgan fingerprint density at radius 2 is 2.06 bits per heavy atom. The van der Waals surface area contributed by atoms with Gasteiger partial charge in [0.25, 0.3) is 0 Å². The Kier molecular flexibility index (Phi) is 4.78. The first-order valence-electron chi connectivity index (χ1n) is 5.32. The number of alkyl halides is 4. The fourth-order valence-corrected chi connectivity index (χ4v) is 1.84. The van der Waals surface area contributed by atoms with Crippen LogP contribution in [0.5, 0.6) is 5.75 Å². The van der Waals surface area contributed by atoms with Crippen molar-refractivity contribution >= 4 is 21.7 Å². The minimum Gasteiger partial charge on any atom is -0.405 e. The summed E-state index contributed by atoms with van der Waals surface area (Å²) in [5.41, 5.74) is 0.523. The Balaban J connectivity index is 3.22. The van der Waals surface area contributed by atoms with E-state index >= 15 is 0 Å². The lowest BCUT2D eigenvalue weighted by Gasteiger charge is -2.15. The van der Waals surface area contributed by atoms with Gasteiger partial charge in [0, 0.05) is 11.1 Å². The van der Waals surface area contributed by atoms with Gasteiger partial charge in [0.15, 0.2) is 5.78 Å². The molecule has 0 fully saturated rings. The molecule has 0 bridgehead atoms. The van der Waals surface area contributed by atoms with Gasteiger partial charge in [0.05, 0.1) is 4.83 Å². The summed E-state index contributed by atoms with van der Waals surface area (Å²) < 4.78 is 40.6. The van der Waals surface area contributed by atoms with Crippen molar-refractivity contribution in [3.8, 4) is 5.75 Å². The lowest BCUT2D eigenvalue weighted by molar-refractivity contribution is -0.274. The standard InChI is InChI=1S/C12H12BrF3O2/c1-3-8-9(11(17)7(2)13)5-4-6-10(8)18-12(14,15)16/h4-7H,3H2,1-2H3. The number of hydrogen-bond donors (Lipinski definition) is 0. The van der Waals surface area contributed by atoms with Crippen molar-refractivity contribution in [1.29, 1.82) is 0 Å². The van der Waals surface area contributed by atoms with Crippen LogP contribution in [0.3, 0.4) is 0 Å². The molecule has 0 N–H and O–H groups in total. The van der Waals surface area contributed by atoms with Crippen molar-refractivity contribution in [2.75, 3.05) is 0 Å². The second-order valence-electron chi connectivity index (χ2n) is 3.66. The van der Waals surface area contributed by atoms with Crippen molar-refractivity contribution in [3.05, 3.63) is 29.3 Å². The zero-order valence-electron chi connectivity index (χ0n) is 9.84. The van der Waals surface area contributed by atoms with Gasteiger partial charge in [-0.05, 0) is 19.4 Å². The number of rotatable bonds is 4. The van der Waals surface area contributed by atoms with E-state index in [1.54, 1.807) is 13.8 Å². The van der Waals surface area contributed by atoms with Crippen LogP contribution in [-0.4, -0.2) is 17.0 Å². The zero-order chi connectivity index (χ0) is 13.9. The van der Waals surface area contributed by atoms with Gasteiger partial charge < -0.3 is 4.74 Å². The number of benzene rings is 1. The Morgan fingerprint density at radius 3 is 2.50 bits per heavy atom. The van der Waals surface area contributed by atoms with Gasteiger partial charge in [-0.2, -0.15) is 0 Å². The molecule has 0 aliphatic heterocycles. The highest BCUT2D eigenvalue weighted by Gasteiger charge is 2.32. The first-order valence-corrected chi connectivity index (χ1v) is 6.23. The molecular formula is C12H12BrF3O2. The molecule has 0 aliphatic rings. The molecule has 0 saturated heterocycles. The number of ether oxygens (including phenoxy) is 1. The van der Waals surface area contributed by atoms with E-state index in [1.807, 2.05) is 0 Å². The van der Waals surface area contributed by atoms with E-state index in [9.17, 15) is 18.0 Å². The SMILES string of the molecule is CCc1c(OC(F)(F)F)cccc1C(=O)C(C)Br. The third kappa shape index (κ3) is 3.73. The lowest BCUT2D eigenvalue weighted by Crippen LogP contribution is -2.20. The van der Waals surface area contributed by atoms with Gasteiger partial charge in [0.1, 0.15) is 5.75 Å². The van der Waals surface area contributed by atoms with Crippen LogP contribution in [0, 0.1) is 0 Å². The Morgan fingerprint density at radius 1 is 1.44 bits per heavy atom. The van der Waals surface area contributed by atoms with Crippen molar-refractivity contribution in [2.45, 2.75) is 31.5 Å². The topological polar surface area (TPSA) is 26.3 Å². The average Bonchev–Trinajstić information content (AvgIpc) is 2.25. The maximum absolute atomic E-state index is 12.2. The third-order valence-electron chi connectivity index (χ3n) is 2.34. The van der Waals surface area contributed by atoms with Gasteiger partial charge in [-0.3, -0.25) is 4.79 Å². The number of carbonyl (C=O) groups is 1. The molecule has 1 atom stereocenters. The molecule has 1 rings (SSSR count). The van der Waals surface area contributed by atoms with E-state index < -0.39 is 11.2 Å². The molecule has 18 heavy (non-hydrogen) atoms. The smallest absolute Gasteiger partial charge is 0.405 e. The van der Waals surface area contributed by atoms with E-state index in [0.717, 1.165) is 0 Å². The predicted octanol–water partition coefficient (Wildman–Crippen LogP) is 4.11. The normalized spacial score (nSPS) is 13.2. The van der Waals surface area contributed by atoms with Crippen LogP contribution in [0.2, 0.25) is 0 Å². The van der Waals surface area contributed by atoms with Crippen LogP contribution in [0.25, 0.3) is 0 Å². The van der Waals surface area contributed by atoms with E-state index in [4.69, 9.17) is 0 Å². The molecule has 0 heterocycles. The van der Waals surface area contributed by atoms with E-state index in [0.29, 0.717) is 0 Å². The molecule has 6 heteroatoms. The van der Waals surface area contributed by atoms with E-state index in [2.05, 4.69) is 20.7 Å². The highest BCUT2D eigenvalue weighted by Crippen LogP contribution is 2.30. The molecule has 1 unspecified atom stereocenters. The van der Waals surface area contributed by atoms with Crippen LogP contribution in [-0.2, 0) is 6.42 Å². The van der Waals surface area contributed by atoms with Crippen molar-refractivity contribution < 1.29 is 22.7 Å². The maximum atomic E-state index is 12.2. The van der Waals surface area contributed by atoms with Gasteiger partial charge in [-0.15, -0.1) is 13.2 Å². The minimum absolute atomic E-state index is 0.253. The minimum atomic E-state index is -4.76. The second kappa shape index (κ2) is 5.73. The van der Waals surface area contributed by atoms with Gasteiger partial charge in [-0.25, -0.2) is 0 Å². The number of carbonyl (C=O) groups excluding carboxylic acids is 1. The monoisotopic (exact) mass is 324 g/mol. The zero-order valence-corrected chi connectivity index (χ0v) is 11.4. The molecule has 0 aromatic heterocycles. The summed E-state index contributed by atoms with van der Waals surface area (Å²) in [4.78, 5) is 11.4. The number of halogens is 4. The number of Topliss-reactive ketones (excluding diaryl/α,β-unsaturated/α-hetero) is 1. The first kappa shape index (κ1) is 15.0. The Labute approximate surface area is 111 Å². The molecule has 0 radical (unpaired) electrons. The fraction of sp³-hybridized carbons (Fsp3) is 0.417. The molecule has 2 nitrogen and oxygen atoms in total. The second-order valence-corrected chi connectivity index (χ2v) is 5.04. The molecule has 0 saturated carbocycles. The molecule has 0 amide bonds. The quantitative estimate of drug-likeness (QED) is 0.615. The summed E-state index contributed by atoms with van der Waals surface area (Å²) >= 11 is 3.11. The molecule has 0 aliphatic carbocycles. The average molecular weight is 325 g/mol. The maximum Gasteiger partial charge on any atom is 0.573 e. The summed E-state index contributed by atoms with van der Waals surface area (Å²) in [5, 5.41) is 0. The molecule has 1 aromatic rings. The molecular weight excluding hydrogens is 313 g/mol. The summed E-state index contributed by atoms with van der Waals surface area (Å²) in [6.45, 7) is 3.30. The number of hydrogen-bond acceptors (Lipinski definition) is 2. The van der Waals surface area contributed by atoms with Gasteiger partial charge >= 0.3 is 6.36 Å². The first-order chi connectivity index (χ1) is 8.26. The van der Waals surface area contributed by atoms with Crippen molar-refractivity contribution in [2.24, 2.45) is 0 Å². The summed E-state index contributed by atoms with van der Waals surface area (Å²) in [5.74, 6) is -0.580. The van der Waals surface area contributed by atoms with Gasteiger partial charge in [0.2, 0.25) is 0 Å². The third-order valence-corrected chi connectivity index (χ3v) is 2.75. The van der Waals surface area contributed by atoms with Crippen LogP contribution >= 0.6 is 15.9 Å². The van der Waals surface area contributed by atoms with Crippen LogP contribution in [0.1, 0.15) is 29.8 Å². The van der Waals surface area contributed by atoms with E-state index in [-0.39, 0.29) is 29.1 Å². The van der Waals surface area contributed by atoms with Gasteiger partial charge in [-0.1, -0.05) is 35.0 Å². The lowest BCUT2D eigenvalue weighted by atomic mass is 9.99. The largest absolute Gasteiger partial charge is 0.573 e. The summed E-state index contributed by atoms with van der Waals surface area (Å²) in [6.07, 6.45) is -4.47. The Hall–Kier alpha value is -1.04.